The van der Waals surface area contributed by atoms with Gasteiger partial charge in [0, 0.05) is 61.1 Å². The summed E-state index contributed by atoms with van der Waals surface area (Å²) < 4.78 is 6.15. The third-order valence-electron chi connectivity index (χ3n) is 6.80. The summed E-state index contributed by atoms with van der Waals surface area (Å²) in [6.45, 7) is 7.87. The summed E-state index contributed by atoms with van der Waals surface area (Å²) in [4.78, 5) is 8.35. The lowest BCUT2D eigenvalue weighted by atomic mass is 10.1. The molecular formula is C29H30N4O. The molecule has 2 heterocycles. The number of anilines is 1. The SMILES string of the molecule is Cc1c(OCc2ccccc2)cccc1N1CCN(CCc2c[nH]c3ccc(C#N)cc23)CC1. The van der Waals surface area contributed by atoms with Gasteiger partial charge in [-0.05, 0) is 54.8 Å². The number of aromatic nitrogens is 1. The first kappa shape index (κ1) is 22.1. The standard InChI is InChI=1S/C29H30N4O/c1-22-28(8-5-9-29(22)34-21-23-6-3-2-4-7-23)33-16-14-32(15-17-33)13-12-25-20-31-27-11-10-24(19-30)18-26(25)27/h2-11,18,20,31H,12-17,21H2,1H3. The Hall–Kier alpha value is -3.75. The molecule has 172 valence electrons. The van der Waals surface area contributed by atoms with Crippen LogP contribution in [0.15, 0.2) is 72.9 Å². The van der Waals surface area contributed by atoms with E-state index in [4.69, 9.17) is 4.74 Å². The van der Waals surface area contributed by atoms with Crippen molar-refractivity contribution in [3.8, 4) is 11.8 Å². The summed E-state index contributed by atoms with van der Waals surface area (Å²) in [7, 11) is 0. The summed E-state index contributed by atoms with van der Waals surface area (Å²) in [6.07, 6.45) is 3.07. The number of nitrogens with zero attached hydrogens (tertiary/aromatic N) is 3. The maximum atomic E-state index is 9.22. The van der Waals surface area contributed by atoms with Crippen molar-refractivity contribution in [3.63, 3.8) is 0 Å². The third kappa shape index (κ3) is 4.78. The molecule has 5 nitrogen and oxygen atoms in total. The molecule has 0 spiro atoms. The fourth-order valence-electron chi connectivity index (χ4n) is 4.78. The van der Waals surface area contributed by atoms with E-state index in [1.165, 1.54) is 27.8 Å². The summed E-state index contributed by atoms with van der Waals surface area (Å²) >= 11 is 0. The number of ether oxygens (including phenoxy) is 1. The van der Waals surface area contributed by atoms with E-state index in [9.17, 15) is 5.26 Å². The van der Waals surface area contributed by atoms with Gasteiger partial charge in [0.25, 0.3) is 0 Å². The van der Waals surface area contributed by atoms with E-state index in [2.05, 4.69) is 64.3 Å². The predicted octanol–water partition coefficient (Wildman–Crippen LogP) is 5.29. The van der Waals surface area contributed by atoms with Crippen molar-refractivity contribution in [1.82, 2.24) is 9.88 Å². The van der Waals surface area contributed by atoms with E-state index in [0.717, 1.165) is 50.4 Å². The molecule has 1 aromatic heterocycles. The lowest BCUT2D eigenvalue weighted by molar-refractivity contribution is 0.261. The fourth-order valence-corrected chi connectivity index (χ4v) is 4.78. The Kier molecular flexibility index (Phi) is 6.51. The van der Waals surface area contributed by atoms with Crippen molar-refractivity contribution in [1.29, 1.82) is 5.26 Å². The number of rotatable bonds is 7. The van der Waals surface area contributed by atoms with Crippen molar-refractivity contribution >= 4 is 16.6 Å². The quantitative estimate of drug-likeness (QED) is 0.416. The van der Waals surface area contributed by atoms with Gasteiger partial charge in [-0.15, -0.1) is 0 Å². The van der Waals surface area contributed by atoms with Crippen LogP contribution < -0.4 is 9.64 Å². The first-order chi connectivity index (χ1) is 16.7. The van der Waals surface area contributed by atoms with Crippen LogP contribution in [0.25, 0.3) is 10.9 Å². The van der Waals surface area contributed by atoms with E-state index in [0.29, 0.717) is 12.2 Å². The number of nitriles is 1. The minimum atomic E-state index is 0.586. The maximum Gasteiger partial charge on any atom is 0.124 e. The van der Waals surface area contributed by atoms with E-state index in [1.54, 1.807) is 0 Å². The Morgan fingerprint density at radius 1 is 0.971 bits per heavy atom. The molecule has 0 bridgehead atoms. The van der Waals surface area contributed by atoms with Crippen LogP contribution in [0.1, 0.15) is 22.3 Å². The Morgan fingerprint density at radius 3 is 2.59 bits per heavy atom. The van der Waals surface area contributed by atoms with Crippen LogP contribution >= 0.6 is 0 Å². The van der Waals surface area contributed by atoms with Crippen molar-refractivity contribution in [2.75, 3.05) is 37.6 Å². The minimum absolute atomic E-state index is 0.586. The molecule has 0 saturated carbocycles. The molecule has 1 N–H and O–H groups in total. The highest BCUT2D eigenvalue weighted by Crippen LogP contribution is 2.30. The first-order valence-electron chi connectivity index (χ1n) is 11.9. The molecule has 0 unspecified atom stereocenters. The van der Waals surface area contributed by atoms with Gasteiger partial charge in [-0.3, -0.25) is 4.90 Å². The molecular weight excluding hydrogens is 420 g/mol. The molecule has 0 aliphatic carbocycles. The van der Waals surface area contributed by atoms with Gasteiger partial charge in [-0.2, -0.15) is 5.26 Å². The van der Waals surface area contributed by atoms with Gasteiger partial charge >= 0.3 is 0 Å². The predicted molar refractivity (Wildman–Crippen MR) is 137 cm³/mol. The Balaban J connectivity index is 1.17. The highest BCUT2D eigenvalue weighted by atomic mass is 16.5. The van der Waals surface area contributed by atoms with Crippen molar-refractivity contribution in [2.45, 2.75) is 20.0 Å². The molecule has 1 aliphatic heterocycles. The number of aromatic amines is 1. The van der Waals surface area contributed by atoms with Gasteiger partial charge in [0.2, 0.25) is 0 Å². The largest absolute Gasteiger partial charge is 0.489 e. The summed E-state index contributed by atoms with van der Waals surface area (Å²) in [5.74, 6) is 0.958. The topological polar surface area (TPSA) is 55.3 Å². The van der Waals surface area contributed by atoms with Crippen molar-refractivity contribution < 1.29 is 4.74 Å². The second-order valence-electron chi connectivity index (χ2n) is 8.94. The highest BCUT2D eigenvalue weighted by molar-refractivity contribution is 5.84. The Bertz CT molecular complexity index is 1300. The molecule has 0 atom stereocenters. The number of piperazine rings is 1. The molecule has 3 aromatic carbocycles. The number of hydrogen-bond donors (Lipinski definition) is 1. The van der Waals surface area contributed by atoms with E-state index >= 15 is 0 Å². The lowest BCUT2D eigenvalue weighted by Gasteiger charge is -2.37. The monoisotopic (exact) mass is 450 g/mol. The average Bonchev–Trinajstić information content (AvgIpc) is 3.30. The van der Waals surface area contributed by atoms with Crippen LogP contribution in [0, 0.1) is 18.3 Å². The molecule has 1 aliphatic rings. The van der Waals surface area contributed by atoms with Gasteiger partial charge in [0.1, 0.15) is 12.4 Å². The van der Waals surface area contributed by atoms with Crippen LogP contribution in [0.4, 0.5) is 5.69 Å². The first-order valence-corrected chi connectivity index (χ1v) is 11.9. The normalized spacial score (nSPS) is 14.3. The summed E-state index contributed by atoms with van der Waals surface area (Å²) in [5.41, 5.74) is 6.76. The second-order valence-corrected chi connectivity index (χ2v) is 8.94. The van der Waals surface area contributed by atoms with Crippen molar-refractivity contribution in [3.05, 3.63) is 95.2 Å². The Morgan fingerprint density at radius 2 is 1.79 bits per heavy atom. The molecule has 0 amide bonds. The molecule has 0 radical (unpaired) electrons. The van der Waals surface area contributed by atoms with Crippen molar-refractivity contribution in [2.24, 2.45) is 0 Å². The zero-order valence-corrected chi connectivity index (χ0v) is 19.6. The number of fused-ring (bicyclic) bond motifs is 1. The summed E-state index contributed by atoms with van der Waals surface area (Å²) in [5, 5.41) is 10.4. The van der Waals surface area contributed by atoms with Crippen LogP contribution in [-0.4, -0.2) is 42.6 Å². The molecule has 5 rings (SSSR count). The molecule has 4 aromatic rings. The maximum absolute atomic E-state index is 9.22. The van der Waals surface area contributed by atoms with Gasteiger partial charge in [0.15, 0.2) is 0 Å². The van der Waals surface area contributed by atoms with Gasteiger partial charge < -0.3 is 14.6 Å². The van der Waals surface area contributed by atoms with E-state index in [-0.39, 0.29) is 0 Å². The van der Waals surface area contributed by atoms with E-state index < -0.39 is 0 Å². The molecule has 34 heavy (non-hydrogen) atoms. The smallest absolute Gasteiger partial charge is 0.124 e. The summed E-state index contributed by atoms with van der Waals surface area (Å²) in [6, 6.07) is 24.8. The second kappa shape index (κ2) is 10.0. The lowest BCUT2D eigenvalue weighted by Crippen LogP contribution is -2.47. The van der Waals surface area contributed by atoms with E-state index in [1.807, 2.05) is 36.4 Å². The number of nitrogens with one attached hydrogen (secondary N) is 1. The van der Waals surface area contributed by atoms with Crippen LogP contribution in [0.5, 0.6) is 5.75 Å². The van der Waals surface area contributed by atoms with Crippen LogP contribution in [0.3, 0.4) is 0 Å². The minimum Gasteiger partial charge on any atom is -0.489 e. The number of H-pyrrole nitrogens is 1. The molecule has 5 heteroatoms. The molecule has 1 saturated heterocycles. The third-order valence-corrected chi connectivity index (χ3v) is 6.80. The zero-order valence-electron chi connectivity index (χ0n) is 19.6. The van der Waals surface area contributed by atoms with Gasteiger partial charge in [-0.1, -0.05) is 36.4 Å². The van der Waals surface area contributed by atoms with Crippen LogP contribution in [-0.2, 0) is 13.0 Å². The number of hydrogen-bond acceptors (Lipinski definition) is 4. The van der Waals surface area contributed by atoms with Crippen LogP contribution in [0.2, 0.25) is 0 Å². The van der Waals surface area contributed by atoms with Gasteiger partial charge in [-0.25, -0.2) is 0 Å². The zero-order chi connectivity index (χ0) is 23.3. The Labute approximate surface area is 201 Å². The highest BCUT2D eigenvalue weighted by Gasteiger charge is 2.20. The average molecular weight is 451 g/mol. The number of benzene rings is 3. The van der Waals surface area contributed by atoms with Gasteiger partial charge in [0.05, 0.1) is 11.6 Å². The fraction of sp³-hybridized carbons (Fsp3) is 0.276. The molecule has 1 fully saturated rings.